The molecule has 3 N–H and O–H groups in total. The lowest BCUT2D eigenvalue weighted by Gasteiger charge is -2.34. The molecular formula is C21H24N4OS2. The van der Waals surface area contributed by atoms with Crippen LogP contribution in [0, 0.1) is 0 Å². The van der Waals surface area contributed by atoms with Crippen molar-refractivity contribution in [3.63, 3.8) is 0 Å². The summed E-state index contributed by atoms with van der Waals surface area (Å²) >= 11 is 3.49. The number of anilines is 1. The third-order valence-corrected chi connectivity index (χ3v) is 7.05. The number of rotatable bonds is 6. The van der Waals surface area contributed by atoms with Gasteiger partial charge in [0.25, 0.3) is 5.91 Å². The molecule has 0 atom stereocenters. The number of aromatic amines is 1. The molecule has 1 amide bonds. The highest BCUT2D eigenvalue weighted by Crippen LogP contribution is 2.28. The second-order valence-corrected chi connectivity index (χ2v) is 9.32. The summed E-state index contributed by atoms with van der Waals surface area (Å²) in [6, 6.07) is 16.1. The minimum absolute atomic E-state index is 0.0882. The third kappa shape index (κ3) is 4.60. The fourth-order valence-corrected chi connectivity index (χ4v) is 5.34. The maximum atomic E-state index is 12.8. The van der Waals surface area contributed by atoms with E-state index in [1.807, 2.05) is 53.2 Å². The average Bonchev–Trinajstić information content (AvgIpc) is 3.38. The van der Waals surface area contributed by atoms with Crippen molar-refractivity contribution in [1.82, 2.24) is 14.8 Å². The van der Waals surface area contributed by atoms with E-state index in [9.17, 15) is 4.79 Å². The molecule has 1 saturated heterocycles. The van der Waals surface area contributed by atoms with Crippen LogP contribution in [-0.4, -0.2) is 59.2 Å². The van der Waals surface area contributed by atoms with Gasteiger partial charge in [-0.05, 0) is 29.3 Å². The Balaban J connectivity index is 1.25. The van der Waals surface area contributed by atoms with Crippen LogP contribution in [-0.2, 0) is 0 Å². The van der Waals surface area contributed by atoms with Crippen LogP contribution in [0.25, 0.3) is 11.1 Å². The zero-order valence-corrected chi connectivity index (χ0v) is 17.3. The highest BCUT2D eigenvalue weighted by atomic mass is 32.2. The number of nitrogens with two attached hydrogens (primary N) is 1. The maximum Gasteiger partial charge on any atom is 0.270 e. The molecule has 5 nitrogen and oxygen atoms in total. The zero-order chi connectivity index (χ0) is 19.3. The standard InChI is InChI=1S/C21H24N4OS2/c22-19-6-7-20(28-19)27-13-12-24-8-10-25(11-9-24)21(26)18-14-17(15-23-18)16-4-2-1-3-5-16/h1-7,14-15,23H,8-13,22H2. The van der Waals surface area contributed by atoms with E-state index >= 15 is 0 Å². The van der Waals surface area contributed by atoms with Gasteiger partial charge in [0.1, 0.15) is 5.69 Å². The molecule has 0 bridgehead atoms. The summed E-state index contributed by atoms with van der Waals surface area (Å²) in [7, 11) is 0. The number of carbonyl (C=O) groups excluding carboxylic acids is 1. The summed E-state index contributed by atoms with van der Waals surface area (Å²) in [5, 5.41) is 0.870. The van der Waals surface area contributed by atoms with Crippen LogP contribution in [0.15, 0.2) is 58.9 Å². The van der Waals surface area contributed by atoms with Crippen molar-refractivity contribution in [2.24, 2.45) is 0 Å². The van der Waals surface area contributed by atoms with E-state index in [1.165, 1.54) is 4.21 Å². The van der Waals surface area contributed by atoms with E-state index in [0.29, 0.717) is 5.69 Å². The predicted octanol–water partition coefficient (Wildman–Crippen LogP) is 3.88. The Morgan fingerprint density at radius 3 is 2.57 bits per heavy atom. The first-order chi connectivity index (χ1) is 13.7. The number of hydrogen-bond donors (Lipinski definition) is 2. The number of nitrogen functional groups attached to an aromatic ring is 1. The first kappa shape index (κ1) is 19.1. The second kappa shape index (κ2) is 8.86. The topological polar surface area (TPSA) is 65.4 Å². The Labute approximate surface area is 173 Å². The minimum atomic E-state index is 0.0882. The number of benzene rings is 1. The lowest BCUT2D eigenvalue weighted by Crippen LogP contribution is -2.49. The average molecular weight is 413 g/mol. The number of carbonyl (C=O) groups is 1. The lowest BCUT2D eigenvalue weighted by atomic mass is 10.1. The van der Waals surface area contributed by atoms with Crippen LogP contribution in [0.1, 0.15) is 10.5 Å². The number of piperazine rings is 1. The number of amides is 1. The molecule has 2 aromatic heterocycles. The van der Waals surface area contributed by atoms with Crippen molar-refractivity contribution < 1.29 is 4.79 Å². The van der Waals surface area contributed by atoms with Crippen LogP contribution >= 0.6 is 23.1 Å². The summed E-state index contributed by atoms with van der Waals surface area (Å²) in [6.07, 6.45) is 1.91. The maximum absolute atomic E-state index is 12.8. The molecule has 0 radical (unpaired) electrons. The van der Waals surface area contributed by atoms with Crippen molar-refractivity contribution >= 4 is 34.0 Å². The number of nitrogens with one attached hydrogen (secondary N) is 1. The summed E-state index contributed by atoms with van der Waals surface area (Å²) < 4.78 is 1.27. The van der Waals surface area contributed by atoms with Crippen LogP contribution in [0.5, 0.6) is 0 Å². The molecule has 0 aliphatic carbocycles. The molecule has 4 rings (SSSR count). The third-order valence-electron chi connectivity index (χ3n) is 4.93. The molecule has 0 saturated carbocycles. The highest BCUT2D eigenvalue weighted by Gasteiger charge is 2.23. The van der Waals surface area contributed by atoms with Crippen molar-refractivity contribution in [3.8, 4) is 11.1 Å². The van der Waals surface area contributed by atoms with E-state index in [1.54, 1.807) is 11.3 Å². The Morgan fingerprint density at radius 1 is 1.07 bits per heavy atom. The number of thiophene rings is 1. The van der Waals surface area contributed by atoms with Gasteiger partial charge in [0.2, 0.25) is 0 Å². The molecule has 1 aromatic carbocycles. The molecule has 146 valence electrons. The van der Waals surface area contributed by atoms with Gasteiger partial charge in [-0.3, -0.25) is 9.69 Å². The fraction of sp³-hybridized carbons (Fsp3) is 0.286. The van der Waals surface area contributed by atoms with E-state index < -0.39 is 0 Å². The van der Waals surface area contributed by atoms with Gasteiger partial charge >= 0.3 is 0 Å². The van der Waals surface area contributed by atoms with Gasteiger partial charge in [-0.1, -0.05) is 30.3 Å². The van der Waals surface area contributed by atoms with Crippen LogP contribution in [0.3, 0.4) is 0 Å². The monoisotopic (exact) mass is 412 g/mol. The van der Waals surface area contributed by atoms with Crippen LogP contribution < -0.4 is 5.73 Å². The summed E-state index contributed by atoms with van der Waals surface area (Å²) in [6.45, 7) is 4.42. The van der Waals surface area contributed by atoms with Crippen molar-refractivity contribution in [2.75, 3.05) is 44.2 Å². The molecule has 3 heterocycles. The molecule has 1 fully saturated rings. The molecule has 28 heavy (non-hydrogen) atoms. The molecule has 7 heteroatoms. The number of H-pyrrole nitrogens is 1. The van der Waals surface area contributed by atoms with Crippen molar-refractivity contribution in [3.05, 3.63) is 60.4 Å². The molecule has 3 aromatic rings. The van der Waals surface area contributed by atoms with E-state index in [-0.39, 0.29) is 5.91 Å². The van der Waals surface area contributed by atoms with E-state index in [0.717, 1.165) is 54.6 Å². The molecule has 0 spiro atoms. The second-order valence-electron chi connectivity index (χ2n) is 6.81. The summed E-state index contributed by atoms with van der Waals surface area (Å²) in [5.74, 6) is 1.13. The van der Waals surface area contributed by atoms with Gasteiger partial charge in [-0.25, -0.2) is 0 Å². The molecular weight excluding hydrogens is 388 g/mol. The Morgan fingerprint density at radius 2 is 1.86 bits per heavy atom. The van der Waals surface area contributed by atoms with Gasteiger partial charge in [-0.2, -0.15) is 0 Å². The number of nitrogens with zero attached hydrogens (tertiary/aromatic N) is 2. The molecule has 1 aliphatic rings. The number of aromatic nitrogens is 1. The first-order valence-corrected chi connectivity index (χ1v) is 11.2. The van der Waals surface area contributed by atoms with Crippen LogP contribution in [0.4, 0.5) is 5.00 Å². The van der Waals surface area contributed by atoms with Gasteiger partial charge in [0, 0.05) is 44.7 Å². The quantitative estimate of drug-likeness (QED) is 0.603. The number of thioether (sulfide) groups is 1. The number of hydrogen-bond acceptors (Lipinski definition) is 5. The smallest absolute Gasteiger partial charge is 0.270 e. The largest absolute Gasteiger partial charge is 0.391 e. The zero-order valence-electron chi connectivity index (χ0n) is 15.6. The molecule has 1 aliphatic heterocycles. The SMILES string of the molecule is Nc1ccc(SCCN2CCN(C(=O)c3cc(-c4ccccc4)c[nH]3)CC2)s1. The normalized spacial score (nSPS) is 15.1. The Kier molecular flexibility index (Phi) is 6.04. The molecule has 0 unspecified atom stereocenters. The van der Waals surface area contributed by atoms with E-state index in [2.05, 4.69) is 28.1 Å². The Hall–Kier alpha value is -2.22. The minimum Gasteiger partial charge on any atom is -0.391 e. The lowest BCUT2D eigenvalue weighted by molar-refractivity contribution is 0.0639. The summed E-state index contributed by atoms with van der Waals surface area (Å²) in [5.41, 5.74) is 8.61. The first-order valence-electron chi connectivity index (χ1n) is 9.42. The predicted molar refractivity (Wildman–Crippen MR) is 118 cm³/mol. The van der Waals surface area contributed by atoms with Gasteiger partial charge < -0.3 is 15.6 Å². The fourth-order valence-electron chi connectivity index (χ4n) is 3.35. The van der Waals surface area contributed by atoms with Crippen molar-refractivity contribution in [1.29, 1.82) is 0 Å². The summed E-state index contributed by atoms with van der Waals surface area (Å²) in [4.78, 5) is 20.3. The van der Waals surface area contributed by atoms with Gasteiger partial charge in [0.05, 0.1) is 9.21 Å². The van der Waals surface area contributed by atoms with Crippen molar-refractivity contribution in [2.45, 2.75) is 4.21 Å². The van der Waals surface area contributed by atoms with Crippen LogP contribution in [0.2, 0.25) is 0 Å². The highest BCUT2D eigenvalue weighted by molar-refractivity contribution is 8.01. The van der Waals surface area contributed by atoms with Gasteiger partial charge in [0.15, 0.2) is 0 Å². The van der Waals surface area contributed by atoms with Gasteiger partial charge in [-0.15, -0.1) is 23.1 Å². The van der Waals surface area contributed by atoms with E-state index in [4.69, 9.17) is 5.73 Å². The Bertz CT molecular complexity index is 913.